The van der Waals surface area contributed by atoms with Crippen molar-refractivity contribution in [2.45, 2.75) is 17.6 Å². The number of ether oxygens (including phenoxy) is 1. The van der Waals surface area contributed by atoms with Gasteiger partial charge in [-0.3, -0.25) is 10.1 Å². The molecule has 2 rings (SSSR count). The van der Waals surface area contributed by atoms with Gasteiger partial charge in [-0.05, 0) is 36.8 Å². The van der Waals surface area contributed by atoms with Crippen molar-refractivity contribution in [3.05, 3.63) is 57.1 Å². The van der Waals surface area contributed by atoms with E-state index in [1.54, 1.807) is 19.1 Å². The van der Waals surface area contributed by atoms with E-state index in [2.05, 4.69) is 0 Å². The first-order chi connectivity index (χ1) is 11.1. The molecule has 0 fully saturated rings. The summed E-state index contributed by atoms with van der Waals surface area (Å²) in [6.07, 6.45) is 0. The summed E-state index contributed by atoms with van der Waals surface area (Å²) in [4.78, 5) is 9.31. The second-order valence-electron chi connectivity index (χ2n) is 4.73. The number of nitro groups is 1. The molecule has 0 saturated heterocycles. The van der Waals surface area contributed by atoms with Gasteiger partial charge in [-0.1, -0.05) is 17.7 Å². The van der Waals surface area contributed by atoms with Gasteiger partial charge in [-0.25, -0.2) is 8.42 Å². The first-order valence-corrected chi connectivity index (χ1v) is 8.30. The maximum absolute atomic E-state index is 12.6. The van der Waals surface area contributed by atoms with Crippen molar-refractivity contribution in [2.24, 2.45) is 0 Å². The van der Waals surface area contributed by atoms with Crippen molar-refractivity contribution in [3.63, 3.8) is 0 Å². The lowest BCUT2D eigenvalue weighted by Crippen LogP contribution is -2.11. The van der Waals surface area contributed by atoms with Crippen LogP contribution in [0.15, 0.2) is 41.3 Å². The van der Waals surface area contributed by atoms with Crippen molar-refractivity contribution in [1.29, 1.82) is 0 Å². The lowest BCUT2D eigenvalue weighted by molar-refractivity contribution is -0.385. The molecule has 0 N–H and O–H groups in total. The molecule has 0 saturated carbocycles. The third-order valence-corrected chi connectivity index (χ3v) is 4.67. The molecule has 0 atom stereocenters. The Morgan fingerprint density at radius 3 is 2.33 bits per heavy atom. The fourth-order valence-electron chi connectivity index (χ4n) is 1.81. The third-order valence-electron chi connectivity index (χ3n) is 3.00. The van der Waals surface area contributed by atoms with Gasteiger partial charge < -0.3 is 4.74 Å². The predicted octanol–water partition coefficient (Wildman–Crippen LogP) is 4.35. The van der Waals surface area contributed by atoms with Gasteiger partial charge in [0.05, 0.1) is 14.8 Å². The predicted molar refractivity (Wildman–Crippen MR) is 82.5 cm³/mol. The van der Waals surface area contributed by atoms with Crippen LogP contribution in [0.2, 0.25) is 5.02 Å². The molecule has 128 valence electrons. The molecule has 6 nitrogen and oxygen atoms in total. The van der Waals surface area contributed by atoms with Crippen LogP contribution < -0.4 is 4.74 Å². The van der Waals surface area contributed by atoms with Crippen molar-refractivity contribution in [1.82, 2.24) is 0 Å². The van der Waals surface area contributed by atoms with E-state index < -0.39 is 31.1 Å². The number of halogens is 3. The molecule has 0 bridgehead atoms. The normalized spacial score (nSPS) is 11.5. The average molecular weight is 378 g/mol. The summed E-state index contributed by atoms with van der Waals surface area (Å²) in [5.74, 6) is -3.90. The smallest absolute Gasteiger partial charge is 0.341 e. The van der Waals surface area contributed by atoms with Crippen LogP contribution in [0.4, 0.5) is 14.5 Å². The van der Waals surface area contributed by atoms with E-state index in [0.29, 0.717) is 6.07 Å². The lowest BCUT2D eigenvalue weighted by Gasteiger charge is -2.10. The maximum Gasteiger partial charge on any atom is 0.341 e. The Labute approximate surface area is 140 Å². The van der Waals surface area contributed by atoms with Gasteiger partial charge in [0, 0.05) is 6.07 Å². The zero-order valence-corrected chi connectivity index (χ0v) is 13.6. The van der Waals surface area contributed by atoms with Crippen LogP contribution in [0.25, 0.3) is 0 Å². The Hall–Kier alpha value is -2.26. The Morgan fingerprint density at radius 2 is 1.79 bits per heavy atom. The Kier molecular flexibility index (Phi) is 5.05. The van der Waals surface area contributed by atoms with E-state index in [0.717, 1.165) is 17.7 Å². The maximum atomic E-state index is 12.6. The van der Waals surface area contributed by atoms with Crippen LogP contribution in [0.3, 0.4) is 0 Å². The van der Waals surface area contributed by atoms with E-state index in [1.165, 1.54) is 6.07 Å². The average Bonchev–Trinajstić information content (AvgIpc) is 2.49. The number of hydrogen-bond acceptors (Lipinski definition) is 5. The lowest BCUT2D eigenvalue weighted by atomic mass is 10.2. The van der Waals surface area contributed by atoms with Gasteiger partial charge in [-0.15, -0.1) is 0 Å². The second kappa shape index (κ2) is 6.70. The van der Waals surface area contributed by atoms with Crippen molar-refractivity contribution in [2.75, 3.05) is 0 Å². The summed E-state index contributed by atoms with van der Waals surface area (Å²) >= 11 is 5.97. The number of rotatable bonds is 5. The molecule has 0 heterocycles. The number of nitrogens with zero attached hydrogens (tertiary/aromatic N) is 1. The standard InChI is InChI=1S/C14H10ClF2NO5S/c1-8-2-4-12(10(15)6-8)23-13-5-3-9(7-11(13)18(19)20)24(21,22)14(16)17/h2-7,14H,1H3. The molecule has 0 aromatic heterocycles. The summed E-state index contributed by atoms with van der Waals surface area (Å²) in [5, 5.41) is 11.3. The van der Waals surface area contributed by atoms with Crippen LogP contribution in [0.1, 0.15) is 5.56 Å². The third kappa shape index (κ3) is 3.62. The van der Waals surface area contributed by atoms with E-state index >= 15 is 0 Å². The first kappa shape index (κ1) is 18.1. The molecular weight excluding hydrogens is 368 g/mol. The summed E-state index contributed by atoms with van der Waals surface area (Å²) in [7, 11) is -4.96. The highest BCUT2D eigenvalue weighted by atomic mass is 35.5. The quantitative estimate of drug-likeness (QED) is 0.571. The van der Waals surface area contributed by atoms with E-state index in [9.17, 15) is 27.3 Å². The number of nitro benzene ring substituents is 1. The fraction of sp³-hybridized carbons (Fsp3) is 0.143. The first-order valence-electron chi connectivity index (χ1n) is 6.37. The Bertz CT molecular complexity index is 902. The zero-order valence-electron chi connectivity index (χ0n) is 12.1. The molecule has 10 heteroatoms. The number of hydrogen-bond donors (Lipinski definition) is 0. The molecule has 2 aromatic rings. The molecule has 0 radical (unpaired) electrons. The molecule has 24 heavy (non-hydrogen) atoms. The minimum atomic E-state index is -4.96. The summed E-state index contributed by atoms with van der Waals surface area (Å²) < 4.78 is 53.3. The topological polar surface area (TPSA) is 86.5 Å². The SMILES string of the molecule is Cc1ccc(Oc2ccc(S(=O)(=O)C(F)F)cc2[N+](=O)[O-])c(Cl)c1. The van der Waals surface area contributed by atoms with Gasteiger partial charge in [0.15, 0.2) is 0 Å². The van der Waals surface area contributed by atoms with Gasteiger partial charge in [0.25, 0.3) is 0 Å². The molecule has 0 amide bonds. The van der Waals surface area contributed by atoms with Gasteiger partial charge >= 0.3 is 11.4 Å². The van der Waals surface area contributed by atoms with Gasteiger partial charge in [0.2, 0.25) is 15.6 Å². The van der Waals surface area contributed by atoms with Crippen LogP contribution in [0, 0.1) is 17.0 Å². The summed E-state index contributed by atoms with van der Waals surface area (Å²) in [6.45, 7) is 1.78. The van der Waals surface area contributed by atoms with E-state index in [1.807, 2.05) is 0 Å². The number of aryl methyl sites for hydroxylation is 1. The van der Waals surface area contributed by atoms with Gasteiger partial charge in [0.1, 0.15) is 5.75 Å². The molecule has 0 aliphatic heterocycles. The highest BCUT2D eigenvalue weighted by molar-refractivity contribution is 7.91. The van der Waals surface area contributed by atoms with E-state index in [-0.39, 0.29) is 16.5 Å². The monoisotopic (exact) mass is 377 g/mol. The molecule has 0 aliphatic rings. The molecule has 0 aliphatic carbocycles. The fourth-order valence-corrected chi connectivity index (χ4v) is 2.83. The number of alkyl halides is 2. The summed E-state index contributed by atoms with van der Waals surface area (Å²) in [5.41, 5.74) is 0.0635. The van der Waals surface area contributed by atoms with Crippen molar-refractivity contribution >= 4 is 27.1 Å². The summed E-state index contributed by atoms with van der Waals surface area (Å²) in [6, 6.07) is 6.97. The minimum Gasteiger partial charge on any atom is -0.449 e. The van der Waals surface area contributed by atoms with E-state index in [4.69, 9.17) is 16.3 Å². The number of sulfone groups is 1. The van der Waals surface area contributed by atoms with Crippen LogP contribution in [-0.4, -0.2) is 19.1 Å². The second-order valence-corrected chi connectivity index (χ2v) is 7.05. The highest BCUT2D eigenvalue weighted by Crippen LogP contribution is 2.37. The minimum absolute atomic E-state index is 0.106. The van der Waals surface area contributed by atoms with Crippen molar-refractivity contribution < 1.29 is 26.9 Å². The molecular formula is C14H10ClF2NO5S. The van der Waals surface area contributed by atoms with Crippen molar-refractivity contribution in [3.8, 4) is 11.5 Å². The molecule has 0 spiro atoms. The van der Waals surface area contributed by atoms with Gasteiger partial charge in [-0.2, -0.15) is 8.78 Å². The number of benzene rings is 2. The van der Waals surface area contributed by atoms with Crippen LogP contribution in [-0.2, 0) is 9.84 Å². The van der Waals surface area contributed by atoms with Crippen LogP contribution in [0.5, 0.6) is 11.5 Å². The Morgan fingerprint density at radius 1 is 1.17 bits per heavy atom. The highest BCUT2D eigenvalue weighted by Gasteiger charge is 2.30. The Balaban J connectivity index is 2.50. The van der Waals surface area contributed by atoms with Crippen LogP contribution >= 0.6 is 11.6 Å². The molecule has 2 aromatic carbocycles. The molecule has 0 unspecified atom stereocenters. The zero-order chi connectivity index (χ0) is 18.1. The largest absolute Gasteiger partial charge is 0.449 e.